The summed E-state index contributed by atoms with van der Waals surface area (Å²) in [4.78, 5) is 31.8. The summed E-state index contributed by atoms with van der Waals surface area (Å²) in [5.74, 6) is 0.197. The van der Waals surface area contributed by atoms with Crippen LogP contribution in [0.4, 0.5) is 15.9 Å². The van der Waals surface area contributed by atoms with Gasteiger partial charge in [-0.2, -0.15) is 0 Å². The Kier molecular flexibility index (Phi) is 4.99. The predicted molar refractivity (Wildman–Crippen MR) is 119 cm³/mol. The van der Waals surface area contributed by atoms with Gasteiger partial charge in [0.15, 0.2) is 4.96 Å². The molecular weight excluding hydrogens is 415 g/mol. The van der Waals surface area contributed by atoms with Gasteiger partial charge in [0.2, 0.25) is 11.8 Å². The summed E-state index contributed by atoms with van der Waals surface area (Å²) >= 11 is 1.46. The number of amides is 2. The fourth-order valence-corrected chi connectivity index (χ4v) is 4.50. The maximum Gasteiger partial charge on any atom is 0.229 e. The van der Waals surface area contributed by atoms with Crippen LogP contribution in [-0.2, 0) is 16.0 Å². The van der Waals surface area contributed by atoms with Crippen LogP contribution in [0, 0.1) is 5.82 Å². The number of anilines is 2. The van der Waals surface area contributed by atoms with Crippen molar-refractivity contribution in [1.82, 2.24) is 9.38 Å². The van der Waals surface area contributed by atoms with E-state index in [1.165, 1.54) is 23.5 Å². The van der Waals surface area contributed by atoms with E-state index < -0.39 is 0 Å². The largest absolute Gasteiger partial charge is 0.312 e. The molecule has 1 N–H and O–H groups in total. The predicted octanol–water partition coefficient (Wildman–Crippen LogP) is 4.51. The highest BCUT2D eigenvalue weighted by molar-refractivity contribution is 7.15. The molecule has 5 rings (SSSR count). The first-order valence-corrected chi connectivity index (χ1v) is 10.9. The molecule has 0 spiro atoms. The van der Waals surface area contributed by atoms with E-state index >= 15 is 0 Å². The number of benzene rings is 2. The van der Waals surface area contributed by atoms with Crippen LogP contribution in [-0.4, -0.2) is 27.7 Å². The molecule has 2 aromatic carbocycles. The van der Waals surface area contributed by atoms with Crippen molar-refractivity contribution in [2.24, 2.45) is 0 Å². The van der Waals surface area contributed by atoms with E-state index in [0.717, 1.165) is 34.7 Å². The molecule has 2 aromatic heterocycles. The summed E-state index contributed by atoms with van der Waals surface area (Å²) in [6.07, 6.45) is 3.50. The van der Waals surface area contributed by atoms with Crippen molar-refractivity contribution in [2.75, 3.05) is 16.8 Å². The van der Waals surface area contributed by atoms with Gasteiger partial charge in [0.1, 0.15) is 17.3 Å². The Morgan fingerprint density at radius 2 is 1.90 bits per heavy atom. The quantitative estimate of drug-likeness (QED) is 0.503. The van der Waals surface area contributed by atoms with Gasteiger partial charge in [-0.05, 0) is 48.4 Å². The lowest BCUT2D eigenvalue weighted by molar-refractivity contribution is -0.117. The Morgan fingerprint density at radius 3 is 2.61 bits per heavy atom. The molecule has 4 aromatic rings. The van der Waals surface area contributed by atoms with Crippen molar-refractivity contribution in [1.29, 1.82) is 0 Å². The first-order chi connectivity index (χ1) is 15.1. The van der Waals surface area contributed by atoms with Gasteiger partial charge in [-0.1, -0.05) is 12.1 Å². The van der Waals surface area contributed by atoms with Crippen molar-refractivity contribution in [3.05, 3.63) is 71.5 Å². The molecule has 0 atom stereocenters. The van der Waals surface area contributed by atoms with Crippen LogP contribution in [0.1, 0.15) is 18.4 Å². The number of rotatable bonds is 5. The summed E-state index contributed by atoms with van der Waals surface area (Å²) in [7, 11) is 0. The summed E-state index contributed by atoms with van der Waals surface area (Å²) in [6.45, 7) is 0.739. The highest BCUT2D eigenvalue weighted by atomic mass is 32.1. The maximum atomic E-state index is 13.3. The van der Waals surface area contributed by atoms with Crippen LogP contribution in [0.2, 0.25) is 0 Å². The molecule has 31 heavy (non-hydrogen) atoms. The number of carbonyl (C=O) groups excluding carboxylic acids is 2. The van der Waals surface area contributed by atoms with E-state index in [1.807, 2.05) is 40.2 Å². The van der Waals surface area contributed by atoms with Gasteiger partial charge < -0.3 is 10.2 Å². The minimum atomic E-state index is -0.325. The smallest absolute Gasteiger partial charge is 0.229 e. The van der Waals surface area contributed by atoms with Gasteiger partial charge in [-0.3, -0.25) is 14.0 Å². The second kappa shape index (κ2) is 7.96. The Hall–Kier alpha value is -3.52. The molecule has 1 saturated heterocycles. The monoisotopic (exact) mass is 434 g/mol. The second-order valence-electron chi connectivity index (χ2n) is 7.41. The van der Waals surface area contributed by atoms with Gasteiger partial charge in [0.05, 0.1) is 6.42 Å². The number of nitrogens with zero attached hydrogens (tertiary/aromatic N) is 3. The standard InChI is InChI=1S/C23H19FN4O2S/c24-17-7-5-16(6-8-17)21-22(28-12-13-31-23(28)26-21)25-19(29)14-15-3-9-18(10-4-15)27-11-1-2-20(27)30/h3-10,12-13H,1-2,11,14H2,(H,25,29). The van der Waals surface area contributed by atoms with Crippen molar-refractivity contribution in [3.8, 4) is 11.3 Å². The van der Waals surface area contributed by atoms with E-state index in [9.17, 15) is 14.0 Å². The summed E-state index contributed by atoms with van der Waals surface area (Å²) in [6, 6.07) is 13.6. The number of hydrogen-bond acceptors (Lipinski definition) is 4. The first-order valence-electron chi connectivity index (χ1n) is 9.99. The van der Waals surface area contributed by atoms with Crippen molar-refractivity contribution in [3.63, 3.8) is 0 Å². The first kappa shape index (κ1) is 19.4. The SMILES string of the molecule is O=C(Cc1ccc(N2CCCC2=O)cc1)Nc1c(-c2ccc(F)cc2)nc2sccn12. The Balaban J connectivity index is 1.36. The van der Waals surface area contributed by atoms with E-state index in [-0.39, 0.29) is 24.1 Å². The molecule has 8 heteroatoms. The number of imidazole rings is 1. The molecule has 1 aliphatic heterocycles. The zero-order chi connectivity index (χ0) is 21.4. The van der Waals surface area contributed by atoms with Crippen LogP contribution in [0.5, 0.6) is 0 Å². The normalized spacial score (nSPS) is 13.8. The van der Waals surface area contributed by atoms with Crippen molar-refractivity contribution < 1.29 is 14.0 Å². The Bertz CT molecular complexity index is 1260. The van der Waals surface area contributed by atoms with E-state index in [4.69, 9.17) is 0 Å². The van der Waals surface area contributed by atoms with Crippen molar-refractivity contribution >= 4 is 39.6 Å². The third-order valence-corrected chi connectivity index (χ3v) is 6.08. The number of thiazole rings is 1. The lowest BCUT2D eigenvalue weighted by Gasteiger charge is -2.16. The average Bonchev–Trinajstić information content (AvgIpc) is 3.47. The number of carbonyl (C=O) groups is 2. The summed E-state index contributed by atoms with van der Waals surface area (Å²) in [5, 5.41) is 4.86. The molecule has 0 aliphatic carbocycles. The molecule has 6 nitrogen and oxygen atoms in total. The summed E-state index contributed by atoms with van der Waals surface area (Å²) in [5.41, 5.74) is 3.04. The molecule has 0 bridgehead atoms. The minimum Gasteiger partial charge on any atom is -0.312 e. The average molecular weight is 434 g/mol. The fourth-order valence-electron chi connectivity index (χ4n) is 3.79. The molecule has 0 radical (unpaired) electrons. The van der Waals surface area contributed by atoms with E-state index in [1.54, 1.807) is 17.0 Å². The molecule has 156 valence electrons. The van der Waals surface area contributed by atoms with Gasteiger partial charge in [-0.25, -0.2) is 9.37 Å². The van der Waals surface area contributed by atoms with Crippen LogP contribution >= 0.6 is 11.3 Å². The number of aromatic nitrogens is 2. The number of nitrogens with one attached hydrogen (secondary N) is 1. The van der Waals surface area contributed by atoms with Crippen LogP contribution in [0.15, 0.2) is 60.1 Å². The van der Waals surface area contributed by atoms with Gasteiger partial charge in [0, 0.05) is 35.8 Å². The second-order valence-corrected chi connectivity index (χ2v) is 8.28. The topological polar surface area (TPSA) is 66.7 Å². The van der Waals surface area contributed by atoms with E-state index in [0.29, 0.717) is 17.9 Å². The third kappa shape index (κ3) is 3.82. The van der Waals surface area contributed by atoms with Gasteiger partial charge in [-0.15, -0.1) is 11.3 Å². The van der Waals surface area contributed by atoms with Crippen LogP contribution in [0.3, 0.4) is 0 Å². The third-order valence-electron chi connectivity index (χ3n) is 5.32. The number of hydrogen-bond donors (Lipinski definition) is 1. The zero-order valence-corrected chi connectivity index (χ0v) is 17.4. The molecular formula is C23H19FN4O2S. The van der Waals surface area contributed by atoms with Crippen LogP contribution in [0.25, 0.3) is 16.2 Å². The van der Waals surface area contributed by atoms with Crippen molar-refractivity contribution in [2.45, 2.75) is 19.3 Å². The molecule has 2 amide bonds. The lowest BCUT2D eigenvalue weighted by Crippen LogP contribution is -2.23. The maximum absolute atomic E-state index is 13.3. The molecule has 0 unspecified atom stereocenters. The highest BCUT2D eigenvalue weighted by Gasteiger charge is 2.22. The Labute approximate surface area is 182 Å². The van der Waals surface area contributed by atoms with Gasteiger partial charge in [0.25, 0.3) is 0 Å². The molecule has 3 heterocycles. The lowest BCUT2D eigenvalue weighted by atomic mass is 10.1. The van der Waals surface area contributed by atoms with Crippen LogP contribution < -0.4 is 10.2 Å². The molecule has 1 fully saturated rings. The minimum absolute atomic E-state index is 0.138. The highest BCUT2D eigenvalue weighted by Crippen LogP contribution is 2.31. The van der Waals surface area contributed by atoms with Gasteiger partial charge >= 0.3 is 0 Å². The summed E-state index contributed by atoms with van der Waals surface area (Å²) < 4.78 is 15.2. The van der Waals surface area contributed by atoms with E-state index in [2.05, 4.69) is 10.3 Å². The molecule has 0 saturated carbocycles. The fraction of sp³-hybridized carbons (Fsp3) is 0.174. The number of fused-ring (bicyclic) bond motifs is 1. The zero-order valence-electron chi connectivity index (χ0n) is 16.5. The molecule has 1 aliphatic rings. The number of halogens is 1. The Morgan fingerprint density at radius 1 is 1.13 bits per heavy atom.